The van der Waals surface area contributed by atoms with E-state index in [1.54, 1.807) is 11.7 Å². The number of nitrogens with zero attached hydrogens (tertiary/aromatic N) is 4. The minimum Gasteiger partial charge on any atom is -0.480 e. The van der Waals surface area contributed by atoms with Crippen LogP contribution in [0.2, 0.25) is 0 Å². The lowest BCUT2D eigenvalue weighted by Gasteiger charge is -2.19. The zero-order valence-corrected chi connectivity index (χ0v) is 9.13. The highest BCUT2D eigenvalue weighted by molar-refractivity contribution is 5.79. The molecule has 1 aromatic heterocycles. The van der Waals surface area contributed by atoms with Crippen LogP contribution in [0.15, 0.2) is 6.20 Å². The molecule has 1 aliphatic heterocycles. The van der Waals surface area contributed by atoms with Crippen molar-refractivity contribution in [2.24, 2.45) is 12.8 Å². The minimum absolute atomic E-state index is 0.360. The summed E-state index contributed by atoms with van der Waals surface area (Å²) < 4.78 is 1.62. The Morgan fingerprint density at radius 1 is 1.75 bits per heavy atom. The Balaban J connectivity index is 1.97. The van der Waals surface area contributed by atoms with Crippen LogP contribution in [0.3, 0.4) is 0 Å². The second kappa shape index (κ2) is 3.84. The fourth-order valence-electron chi connectivity index (χ4n) is 1.92. The Morgan fingerprint density at radius 3 is 3.00 bits per heavy atom. The quantitative estimate of drug-likeness (QED) is 0.671. The molecule has 0 amide bonds. The second-order valence-corrected chi connectivity index (χ2v) is 4.31. The van der Waals surface area contributed by atoms with Gasteiger partial charge in [-0.1, -0.05) is 5.21 Å². The number of carboxylic acids is 1. The van der Waals surface area contributed by atoms with Crippen LogP contribution in [0, 0.1) is 0 Å². The van der Waals surface area contributed by atoms with Gasteiger partial charge in [-0.15, -0.1) is 5.10 Å². The van der Waals surface area contributed by atoms with Crippen LogP contribution in [0.4, 0.5) is 0 Å². The molecular formula is C9H15N5O2. The van der Waals surface area contributed by atoms with E-state index in [1.807, 2.05) is 11.1 Å². The fourth-order valence-corrected chi connectivity index (χ4v) is 1.92. The molecule has 0 spiro atoms. The lowest BCUT2D eigenvalue weighted by atomic mass is 10.0. The van der Waals surface area contributed by atoms with Gasteiger partial charge < -0.3 is 10.8 Å². The van der Waals surface area contributed by atoms with E-state index in [4.69, 9.17) is 10.8 Å². The van der Waals surface area contributed by atoms with Crippen molar-refractivity contribution in [3.05, 3.63) is 11.9 Å². The van der Waals surface area contributed by atoms with Crippen molar-refractivity contribution in [1.29, 1.82) is 0 Å². The summed E-state index contributed by atoms with van der Waals surface area (Å²) in [5.41, 5.74) is 5.49. The molecule has 7 heteroatoms. The van der Waals surface area contributed by atoms with Crippen LogP contribution in [0.1, 0.15) is 12.1 Å². The zero-order valence-electron chi connectivity index (χ0n) is 9.13. The molecule has 16 heavy (non-hydrogen) atoms. The highest BCUT2D eigenvalue weighted by Crippen LogP contribution is 2.20. The maximum absolute atomic E-state index is 10.9. The Hall–Kier alpha value is -1.47. The second-order valence-electron chi connectivity index (χ2n) is 4.31. The number of carbonyl (C=O) groups is 1. The number of carboxylic acid groups (broad SMARTS) is 1. The average Bonchev–Trinajstić information content (AvgIpc) is 2.75. The van der Waals surface area contributed by atoms with Crippen LogP contribution in [0.5, 0.6) is 0 Å². The first-order valence-electron chi connectivity index (χ1n) is 5.09. The van der Waals surface area contributed by atoms with Crippen molar-refractivity contribution in [3.8, 4) is 0 Å². The van der Waals surface area contributed by atoms with Gasteiger partial charge in [-0.2, -0.15) is 0 Å². The topological polar surface area (TPSA) is 97.3 Å². The monoisotopic (exact) mass is 225 g/mol. The smallest absolute Gasteiger partial charge is 0.325 e. The first-order chi connectivity index (χ1) is 7.49. The van der Waals surface area contributed by atoms with Crippen molar-refractivity contribution in [3.63, 3.8) is 0 Å². The van der Waals surface area contributed by atoms with Crippen LogP contribution in [-0.2, 0) is 18.4 Å². The predicted octanol–water partition coefficient (Wildman–Crippen LogP) is -1.20. The van der Waals surface area contributed by atoms with Gasteiger partial charge in [0.1, 0.15) is 5.54 Å². The predicted molar refractivity (Wildman–Crippen MR) is 55.5 cm³/mol. The molecule has 1 aliphatic rings. The highest BCUT2D eigenvalue weighted by Gasteiger charge is 2.41. The van der Waals surface area contributed by atoms with Gasteiger partial charge in [-0.05, 0) is 6.42 Å². The van der Waals surface area contributed by atoms with E-state index in [9.17, 15) is 4.79 Å². The SMILES string of the molecule is Cn1cc(CN2CCC(N)(C(=O)O)C2)nn1. The molecule has 88 valence electrons. The van der Waals surface area contributed by atoms with Crippen molar-refractivity contribution in [2.75, 3.05) is 13.1 Å². The molecule has 2 rings (SSSR count). The molecule has 3 N–H and O–H groups in total. The molecule has 0 radical (unpaired) electrons. The van der Waals surface area contributed by atoms with Gasteiger partial charge in [0.25, 0.3) is 0 Å². The van der Waals surface area contributed by atoms with Gasteiger partial charge >= 0.3 is 5.97 Å². The van der Waals surface area contributed by atoms with Crippen molar-refractivity contribution < 1.29 is 9.90 Å². The number of nitrogens with two attached hydrogens (primary N) is 1. The van der Waals surface area contributed by atoms with Gasteiger partial charge in [0.05, 0.1) is 5.69 Å². The van der Waals surface area contributed by atoms with Crippen molar-refractivity contribution >= 4 is 5.97 Å². The summed E-state index contributed by atoms with van der Waals surface area (Å²) in [6.07, 6.45) is 2.29. The Morgan fingerprint density at radius 2 is 2.50 bits per heavy atom. The summed E-state index contributed by atoms with van der Waals surface area (Å²) in [6, 6.07) is 0. The maximum Gasteiger partial charge on any atom is 0.325 e. The van der Waals surface area contributed by atoms with Crippen LogP contribution < -0.4 is 5.73 Å². The summed E-state index contributed by atoms with van der Waals surface area (Å²) in [7, 11) is 1.80. The number of likely N-dealkylation sites (tertiary alicyclic amines) is 1. The minimum atomic E-state index is -1.11. The molecular weight excluding hydrogens is 210 g/mol. The van der Waals surface area contributed by atoms with Crippen LogP contribution >= 0.6 is 0 Å². The first kappa shape index (κ1) is 11.0. The summed E-state index contributed by atoms with van der Waals surface area (Å²) in [4.78, 5) is 12.9. The summed E-state index contributed by atoms with van der Waals surface area (Å²) in [6.45, 7) is 1.64. The number of hydrogen-bond acceptors (Lipinski definition) is 5. The lowest BCUT2D eigenvalue weighted by Crippen LogP contribution is -2.50. The molecule has 1 saturated heterocycles. The maximum atomic E-state index is 10.9. The molecule has 0 saturated carbocycles. The van der Waals surface area contributed by atoms with E-state index in [2.05, 4.69) is 10.3 Å². The molecule has 7 nitrogen and oxygen atoms in total. The summed E-state index contributed by atoms with van der Waals surface area (Å²) in [5.74, 6) is -0.936. The van der Waals surface area contributed by atoms with E-state index in [1.165, 1.54) is 0 Å². The first-order valence-corrected chi connectivity index (χ1v) is 5.09. The van der Waals surface area contributed by atoms with Gasteiger partial charge in [0, 0.05) is 32.9 Å². The summed E-state index contributed by atoms with van der Waals surface area (Å²) >= 11 is 0. The van der Waals surface area contributed by atoms with Crippen molar-refractivity contribution in [2.45, 2.75) is 18.5 Å². The third-order valence-corrected chi connectivity index (χ3v) is 2.84. The van der Waals surface area contributed by atoms with E-state index in [0.717, 1.165) is 5.69 Å². The lowest BCUT2D eigenvalue weighted by molar-refractivity contribution is -0.142. The normalized spacial score (nSPS) is 26.1. The zero-order chi connectivity index (χ0) is 11.8. The molecule has 1 atom stereocenters. The standard InChI is InChI=1S/C9H15N5O2/c1-13-4-7(11-12-13)5-14-3-2-9(10,6-14)8(15)16/h4H,2-3,5-6,10H2,1H3,(H,15,16). The number of aryl methyl sites for hydroxylation is 1. The molecule has 0 aliphatic carbocycles. The number of aromatic nitrogens is 3. The van der Waals surface area contributed by atoms with E-state index >= 15 is 0 Å². The van der Waals surface area contributed by atoms with Gasteiger partial charge in [0.2, 0.25) is 0 Å². The molecule has 1 aromatic rings. The molecule has 1 fully saturated rings. The van der Waals surface area contributed by atoms with E-state index < -0.39 is 11.5 Å². The van der Waals surface area contributed by atoms with E-state index in [0.29, 0.717) is 26.1 Å². The largest absolute Gasteiger partial charge is 0.480 e. The van der Waals surface area contributed by atoms with Crippen LogP contribution in [-0.4, -0.2) is 49.6 Å². The number of rotatable bonds is 3. The molecule has 1 unspecified atom stereocenters. The number of aliphatic carboxylic acids is 1. The Kier molecular flexibility index (Phi) is 2.64. The van der Waals surface area contributed by atoms with Gasteiger partial charge in [0.15, 0.2) is 0 Å². The van der Waals surface area contributed by atoms with Gasteiger partial charge in [-0.25, -0.2) is 0 Å². The van der Waals surface area contributed by atoms with Crippen molar-refractivity contribution in [1.82, 2.24) is 19.9 Å². The summed E-state index contributed by atoms with van der Waals surface area (Å²) in [5, 5.41) is 16.8. The Bertz CT molecular complexity index is 404. The molecule has 2 heterocycles. The fraction of sp³-hybridized carbons (Fsp3) is 0.667. The Labute approximate surface area is 92.8 Å². The average molecular weight is 225 g/mol. The highest BCUT2D eigenvalue weighted by atomic mass is 16.4. The number of hydrogen-bond donors (Lipinski definition) is 2. The van der Waals surface area contributed by atoms with E-state index in [-0.39, 0.29) is 0 Å². The third-order valence-electron chi connectivity index (χ3n) is 2.84. The van der Waals surface area contributed by atoms with Crippen LogP contribution in [0.25, 0.3) is 0 Å². The molecule has 0 bridgehead atoms. The van der Waals surface area contributed by atoms with Gasteiger partial charge in [-0.3, -0.25) is 14.4 Å². The molecule has 0 aromatic carbocycles. The third kappa shape index (κ3) is 2.05.